The predicted octanol–water partition coefficient (Wildman–Crippen LogP) is 1.41. The highest BCUT2D eigenvalue weighted by molar-refractivity contribution is 4.76. The van der Waals surface area contributed by atoms with Crippen molar-refractivity contribution < 1.29 is 4.92 Å². The third-order valence-electron chi connectivity index (χ3n) is 1.47. The van der Waals surface area contributed by atoms with Gasteiger partial charge in [-0.2, -0.15) is 0 Å². The van der Waals surface area contributed by atoms with Crippen LogP contribution in [-0.4, -0.2) is 10.7 Å². The molecule has 0 amide bonds. The summed E-state index contributed by atoms with van der Waals surface area (Å²) in [5.41, 5.74) is 0. The lowest BCUT2D eigenvalue weighted by molar-refractivity contribution is -0.576. The second-order valence-corrected chi connectivity index (χ2v) is 2.48. The van der Waals surface area contributed by atoms with Crippen LogP contribution in [0.1, 0.15) is 13.8 Å². The van der Waals surface area contributed by atoms with E-state index in [0.29, 0.717) is 0 Å². The van der Waals surface area contributed by atoms with Crippen LogP contribution in [0.15, 0.2) is 20.7 Å². The highest BCUT2D eigenvalue weighted by Gasteiger charge is 2.50. The van der Waals surface area contributed by atoms with E-state index in [-0.39, 0.29) is 5.92 Å². The molecule has 0 atom stereocenters. The van der Waals surface area contributed by atoms with Gasteiger partial charge in [0.25, 0.3) is 0 Å². The Kier molecular flexibility index (Phi) is 1.63. The second kappa shape index (κ2) is 2.33. The molecule has 0 fully saturated rings. The van der Waals surface area contributed by atoms with Gasteiger partial charge >= 0.3 is 5.79 Å². The van der Waals surface area contributed by atoms with E-state index in [1.165, 1.54) is 0 Å². The molecule has 1 rings (SSSR count). The van der Waals surface area contributed by atoms with E-state index >= 15 is 0 Å². The third-order valence-corrected chi connectivity index (χ3v) is 1.47. The molecule has 0 aromatic carbocycles. The fraction of sp³-hybridized carbons (Fsp3) is 1.00. The maximum Gasteiger partial charge on any atom is 0.450 e. The van der Waals surface area contributed by atoms with E-state index in [4.69, 9.17) is 0 Å². The normalized spacial score (nSPS) is 19.5. The first-order valence-electron chi connectivity index (χ1n) is 3.08. The van der Waals surface area contributed by atoms with Gasteiger partial charge in [0.1, 0.15) is 0 Å². The zero-order valence-electron chi connectivity index (χ0n) is 6.13. The van der Waals surface area contributed by atoms with E-state index < -0.39 is 10.7 Å². The topological polar surface area (TPSA) is 92.6 Å². The molecule has 1 heterocycles. The molecule has 0 spiro atoms. The molecule has 7 nitrogen and oxygen atoms in total. The average molecular weight is 157 g/mol. The fourth-order valence-electron chi connectivity index (χ4n) is 0.706. The first-order valence-corrected chi connectivity index (χ1v) is 3.08. The molecule has 0 bridgehead atoms. The third kappa shape index (κ3) is 0.975. The van der Waals surface area contributed by atoms with E-state index in [1.54, 1.807) is 13.8 Å². The number of nitro groups is 1. The molecule has 1 aliphatic rings. The molecule has 0 aliphatic carbocycles. The predicted molar refractivity (Wildman–Crippen MR) is 34.3 cm³/mol. The van der Waals surface area contributed by atoms with Gasteiger partial charge in [0.05, 0.1) is 10.8 Å². The molecular formula is C4H7N5O2. The molecule has 11 heavy (non-hydrogen) atoms. The molecule has 0 N–H and O–H groups in total. The van der Waals surface area contributed by atoms with Crippen molar-refractivity contribution in [1.82, 2.24) is 0 Å². The Morgan fingerprint density at radius 1 is 1.36 bits per heavy atom. The molecular weight excluding hydrogens is 150 g/mol. The van der Waals surface area contributed by atoms with Crippen molar-refractivity contribution in [2.45, 2.75) is 19.6 Å². The van der Waals surface area contributed by atoms with Gasteiger partial charge in [-0.25, -0.2) is 0 Å². The number of hydrogen-bond donors (Lipinski definition) is 0. The summed E-state index contributed by atoms with van der Waals surface area (Å²) in [4.78, 5) is 9.88. The molecule has 0 aromatic rings. The molecule has 0 radical (unpaired) electrons. The van der Waals surface area contributed by atoms with Crippen molar-refractivity contribution in [3.8, 4) is 0 Å². The summed E-state index contributed by atoms with van der Waals surface area (Å²) in [6.07, 6.45) is 0. The van der Waals surface area contributed by atoms with E-state index in [9.17, 15) is 10.1 Å². The van der Waals surface area contributed by atoms with Gasteiger partial charge in [-0.05, 0) is 10.4 Å². The van der Waals surface area contributed by atoms with Crippen molar-refractivity contribution in [3.05, 3.63) is 10.1 Å². The Hall–Kier alpha value is -1.40. The van der Waals surface area contributed by atoms with Crippen molar-refractivity contribution >= 4 is 0 Å². The van der Waals surface area contributed by atoms with Gasteiger partial charge in [0.15, 0.2) is 0 Å². The minimum atomic E-state index is -1.67. The minimum Gasteiger partial charge on any atom is -0.260 e. The lowest BCUT2D eigenvalue weighted by Crippen LogP contribution is -2.37. The van der Waals surface area contributed by atoms with Gasteiger partial charge in [-0.3, -0.25) is 10.1 Å². The summed E-state index contributed by atoms with van der Waals surface area (Å²) in [6.45, 7) is 3.29. The lowest BCUT2D eigenvalue weighted by Gasteiger charge is -2.12. The Bertz CT molecular complexity index is 221. The van der Waals surface area contributed by atoms with Crippen LogP contribution in [0.4, 0.5) is 0 Å². The summed E-state index contributed by atoms with van der Waals surface area (Å²) in [6, 6.07) is 0. The van der Waals surface area contributed by atoms with Gasteiger partial charge in [-0.15, -0.1) is 0 Å². The van der Waals surface area contributed by atoms with Crippen molar-refractivity contribution in [2.75, 3.05) is 0 Å². The zero-order valence-corrected chi connectivity index (χ0v) is 6.13. The first kappa shape index (κ1) is 7.70. The standard InChI is InChI=1S/C4H7N5O2/c1-3(2)4(9(10)11)5-7-8-6-4/h3H,1-2H3. The SMILES string of the molecule is CC(C)C1([N+](=O)[O-])N=NN=N1. The molecule has 60 valence electrons. The summed E-state index contributed by atoms with van der Waals surface area (Å²) < 4.78 is 0. The fourth-order valence-corrected chi connectivity index (χ4v) is 0.706. The van der Waals surface area contributed by atoms with Crippen LogP contribution in [-0.2, 0) is 0 Å². The van der Waals surface area contributed by atoms with Crippen LogP contribution in [0, 0.1) is 16.0 Å². The quantitative estimate of drug-likeness (QED) is 0.447. The van der Waals surface area contributed by atoms with Crippen LogP contribution in [0.3, 0.4) is 0 Å². The van der Waals surface area contributed by atoms with Crippen LogP contribution < -0.4 is 0 Å². The summed E-state index contributed by atoms with van der Waals surface area (Å²) >= 11 is 0. The summed E-state index contributed by atoms with van der Waals surface area (Å²) in [5, 5.41) is 23.4. The molecule has 0 unspecified atom stereocenters. The van der Waals surface area contributed by atoms with Gasteiger partial charge in [-0.1, -0.05) is 24.1 Å². The highest BCUT2D eigenvalue weighted by atomic mass is 16.6. The van der Waals surface area contributed by atoms with E-state index in [0.717, 1.165) is 0 Å². The maximum atomic E-state index is 10.5. The molecule has 1 aliphatic heterocycles. The summed E-state index contributed by atoms with van der Waals surface area (Å²) in [5.74, 6) is -2.01. The Morgan fingerprint density at radius 3 is 2.00 bits per heavy atom. The van der Waals surface area contributed by atoms with Crippen LogP contribution in [0.5, 0.6) is 0 Å². The minimum absolute atomic E-state index is 0.340. The van der Waals surface area contributed by atoms with Crippen LogP contribution in [0.2, 0.25) is 0 Å². The highest BCUT2D eigenvalue weighted by Crippen LogP contribution is 2.28. The van der Waals surface area contributed by atoms with Gasteiger partial charge in [0, 0.05) is 0 Å². The lowest BCUT2D eigenvalue weighted by atomic mass is 10.1. The van der Waals surface area contributed by atoms with Crippen LogP contribution in [0.25, 0.3) is 0 Å². The summed E-state index contributed by atoms with van der Waals surface area (Å²) in [7, 11) is 0. The van der Waals surface area contributed by atoms with Gasteiger partial charge in [0.2, 0.25) is 0 Å². The largest absolute Gasteiger partial charge is 0.450 e. The number of nitrogens with zero attached hydrogens (tertiary/aromatic N) is 5. The molecule has 7 heteroatoms. The zero-order chi connectivity index (χ0) is 8.48. The van der Waals surface area contributed by atoms with Crippen molar-refractivity contribution in [2.24, 2.45) is 26.6 Å². The Morgan fingerprint density at radius 2 is 1.82 bits per heavy atom. The second-order valence-electron chi connectivity index (χ2n) is 2.48. The van der Waals surface area contributed by atoms with Crippen molar-refractivity contribution in [3.63, 3.8) is 0 Å². The number of rotatable bonds is 2. The average Bonchev–Trinajstić information content (AvgIpc) is 2.34. The monoisotopic (exact) mass is 157 g/mol. The van der Waals surface area contributed by atoms with E-state index in [2.05, 4.69) is 20.7 Å². The Balaban J connectivity index is 2.99. The molecule has 0 aromatic heterocycles. The van der Waals surface area contributed by atoms with Gasteiger partial charge < -0.3 is 0 Å². The Labute approximate surface area is 62.3 Å². The number of hydrogen-bond acceptors (Lipinski definition) is 6. The van der Waals surface area contributed by atoms with E-state index in [1.807, 2.05) is 0 Å². The first-order chi connectivity index (χ1) is 5.09. The smallest absolute Gasteiger partial charge is 0.260 e. The molecule has 0 saturated heterocycles. The molecule has 0 saturated carbocycles. The van der Waals surface area contributed by atoms with Crippen molar-refractivity contribution in [1.29, 1.82) is 0 Å². The maximum absolute atomic E-state index is 10.5. The van der Waals surface area contributed by atoms with Crippen LogP contribution >= 0.6 is 0 Å².